The number of amides is 1. The zero-order chi connectivity index (χ0) is 19.1. The van der Waals surface area contributed by atoms with Crippen LogP contribution >= 0.6 is 11.3 Å². The number of rotatable bonds is 7. The average molecular weight is 380 g/mol. The molecular formula is C21H20N2O3S. The summed E-state index contributed by atoms with van der Waals surface area (Å²) in [5.41, 5.74) is 4.05. The second-order valence-corrected chi connectivity index (χ2v) is 6.82. The Bertz CT molecular complexity index is 922. The van der Waals surface area contributed by atoms with Crippen LogP contribution in [-0.2, 0) is 20.9 Å². The molecule has 0 fully saturated rings. The quantitative estimate of drug-likeness (QED) is 0.628. The van der Waals surface area contributed by atoms with Crippen LogP contribution in [0.5, 0.6) is 0 Å². The van der Waals surface area contributed by atoms with Crippen LogP contribution in [0.25, 0.3) is 21.8 Å². The maximum Gasteiger partial charge on any atom is 0.306 e. The summed E-state index contributed by atoms with van der Waals surface area (Å²) < 4.78 is 4.54. The van der Waals surface area contributed by atoms with Crippen LogP contribution in [-0.4, -0.2) is 24.0 Å². The molecule has 0 spiro atoms. The SMILES string of the molecule is COC(=O)CCC(=O)NCc1cccc(-c2nc(-c3ccccc3)cs2)c1. The molecule has 0 unspecified atom stereocenters. The van der Waals surface area contributed by atoms with Crippen molar-refractivity contribution < 1.29 is 14.3 Å². The van der Waals surface area contributed by atoms with Crippen LogP contribution in [0.15, 0.2) is 60.0 Å². The number of thiazole rings is 1. The van der Waals surface area contributed by atoms with Gasteiger partial charge in [-0.1, -0.05) is 48.5 Å². The first-order chi connectivity index (χ1) is 13.2. The molecule has 0 bridgehead atoms. The maximum absolute atomic E-state index is 11.8. The standard InChI is InChI=1S/C21H20N2O3S/c1-26-20(25)11-10-19(24)22-13-15-6-5-9-17(12-15)21-23-18(14-27-21)16-7-3-2-4-8-16/h2-9,12,14H,10-11,13H2,1H3,(H,22,24). The molecule has 5 nitrogen and oxygen atoms in total. The summed E-state index contributed by atoms with van der Waals surface area (Å²) >= 11 is 1.59. The number of carbonyl (C=O) groups excluding carboxylic acids is 2. The summed E-state index contributed by atoms with van der Waals surface area (Å²) in [5.74, 6) is -0.559. The van der Waals surface area contributed by atoms with Gasteiger partial charge in [0.2, 0.25) is 5.91 Å². The highest BCUT2D eigenvalue weighted by atomic mass is 32.1. The number of methoxy groups -OCH3 is 1. The third-order valence-electron chi connectivity index (χ3n) is 4.02. The minimum absolute atomic E-state index is 0.0871. The van der Waals surface area contributed by atoms with Gasteiger partial charge >= 0.3 is 5.97 Å². The van der Waals surface area contributed by atoms with Gasteiger partial charge in [0.05, 0.1) is 19.2 Å². The largest absolute Gasteiger partial charge is 0.469 e. The van der Waals surface area contributed by atoms with Gasteiger partial charge in [0.15, 0.2) is 0 Å². The lowest BCUT2D eigenvalue weighted by Crippen LogP contribution is -2.23. The van der Waals surface area contributed by atoms with Gasteiger partial charge in [0.1, 0.15) is 5.01 Å². The number of hydrogen-bond donors (Lipinski definition) is 1. The summed E-state index contributed by atoms with van der Waals surface area (Å²) in [7, 11) is 1.31. The normalized spacial score (nSPS) is 10.4. The van der Waals surface area contributed by atoms with Gasteiger partial charge in [-0.05, 0) is 11.6 Å². The minimum Gasteiger partial charge on any atom is -0.469 e. The molecule has 3 aromatic rings. The average Bonchev–Trinajstić information content (AvgIpc) is 3.21. The molecule has 138 valence electrons. The van der Waals surface area contributed by atoms with Crippen LogP contribution < -0.4 is 5.32 Å². The third-order valence-corrected chi connectivity index (χ3v) is 4.91. The van der Waals surface area contributed by atoms with E-state index in [9.17, 15) is 9.59 Å². The van der Waals surface area contributed by atoms with Gasteiger partial charge in [-0.2, -0.15) is 0 Å². The topological polar surface area (TPSA) is 68.3 Å². The van der Waals surface area contributed by atoms with E-state index in [0.717, 1.165) is 27.4 Å². The van der Waals surface area contributed by atoms with Crippen molar-refractivity contribution in [2.45, 2.75) is 19.4 Å². The summed E-state index contributed by atoms with van der Waals surface area (Å²) in [5, 5.41) is 5.81. The molecular weight excluding hydrogens is 360 g/mol. The molecule has 6 heteroatoms. The molecule has 0 saturated carbocycles. The van der Waals surface area contributed by atoms with Crippen LogP contribution in [0.1, 0.15) is 18.4 Å². The van der Waals surface area contributed by atoms with Crippen molar-refractivity contribution in [3.8, 4) is 21.8 Å². The molecule has 1 heterocycles. The lowest BCUT2D eigenvalue weighted by atomic mass is 10.1. The van der Waals surface area contributed by atoms with Crippen LogP contribution in [0, 0.1) is 0 Å². The summed E-state index contributed by atoms with van der Waals surface area (Å²) in [6.07, 6.45) is 0.211. The van der Waals surface area contributed by atoms with E-state index in [1.165, 1.54) is 7.11 Å². The Morgan fingerprint density at radius 1 is 1.04 bits per heavy atom. The van der Waals surface area contributed by atoms with Gasteiger partial charge < -0.3 is 10.1 Å². The van der Waals surface area contributed by atoms with Crippen molar-refractivity contribution in [2.75, 3.05) is 7.11 Å². The fourth-order valence-corrected chi connectivity index (χ4v) is 3.39. The van der Waals surface area contributed by atoms with Gasteiger partial charge in [-0.25, -0.2) is 4.98 Å². The van der Waals surface area contributed by atoms with Crippen LogP contribution in [0.2, 0.25) is 0 Å². The molecule has 1 N–H and O–H groups in total. The van der Waals surface area contributed by atoms with E-state index < -0.39 is 0 Å². The predicted octanol–water partition coefficient (Wildman–Crippen LogP) is 4.05. The highest BCUT2D eigenvalue weighted by Gasteiger charge is 2.09. The zero-order valence-corrected chi connectivity index (χ0v) is 15.8. The Kier molecular flexibility index (Phi) is 6.33. The Morgan fingerprint density at radius 3 is 2.59 bits per heavy atom. The first-order valence-corrected chi connectivity index (χ1v) is 9.47. The first kappa shape index (κ1) is 18.8. The summed E-state index contributed by atoms with van der Waals surface area (Å²) in [6.45, 7) is 0.408. The lowest BCUT2D eigenvalue weighted by Gasteiger charge is -2.06. The van der Waals surface area contributed by atoms with E-state index in [2.05, 4.69) is 10.1 Å². The fraction of sp³-hybridized carbons (Fsp3) is 0.190. The molecule has 0 atom stereocenters. The third kappa shape index (κ3) is 5.24. The number of aromatic nitrogens is 1. The predicted molar refractivity (Wildman–Crippen MR) is 106 cm³/mol. The molecule has 0 saturated heterocycles. The smallest absolute Gasteiger partial charge is 0.306 e. The van der Waals surface area contributed by atoms with Crippen molar-refractivity contribution in [1.29, 1.82) is 0 Å². The van der Waals surface area contributed by atoms with E-state index in [4.69, 9.17) is 4.98 Å². The maximum atomic E-state index is 11.8. The fourth-order valence-electron chi connectivity index (χ4n) is 2.57. The Balaban J connectivity index is 1.63. The number of benzene rings is 2. The molecule has 0 aliphatic heterocycles. The van der Waals surface area contributed by atoms with Crippen LogP contribution in [0.3, 0.4) is 0 Å². The van der Waals surface area contributed by atoms with E-state index in [1.807, 2.05) is 60.0 Å². The van der Waals surface area contributed by atoms with Gasteiger partial charge in [-0.3, -0.25) is 9.59 Å². The molecule has 3 rings (SSSR count). The second-order valence-electron chi connectivity index (χ2n) is 5.96. The Labute approximate surface area is 162 Å². The number of hydrogen-bond acceptors (Lipinski definition) is 5. The monoisotopic (exact) mass is 380 g/mol. The number of nitrogens with one attached hydrogen (secondary N) is 1. The molecule has 1 amide bonds. The van der Waals surface area contributed by atoms with E-state index in [-0.39, 0.29) is 24.7 Å². The lowest BCUT2D eigenvalue weighted by molar-refractivity contribution is -0.142. The Hall–Kier alpha value is -2.99. The highest BCUT2D eigenvalue weighted by molar-refractivity contribution is 7.13. The Morgan fingerprint density at radius 2 is 1.81 bits per heavy atom. The van der Waals surface area contributed by atoms with Gasteiger partial charge in [-0.15, -0.1) is 11.3 Å². The van der Waals surface area contributed by atoms with Crippen LogP contribution in [0.4, 0.5) is 0 Å². The van der Waals surface area contributed by atoms with Crippen molar-refractivity contribution in [1.82, 2.24) is 10.3 Å². The van der Waals surface area contributed by atoms with Gasteiger partial charge in [0, 0.05) is 29.5 Å². The van der Waals surface area contributed by atoms with E-state index in [0.29, 0.717) is 6.54 Å². The summed E-state index contributed by atoms with van der Waals surface area (Å²) in [4.78, 5) is 27.6. The zero-order valence-electron chi connectivity index (χ0n) is 15.0. The number of ether oxygens (including phenoxy) is 1. The highest BCUT2D eigenvalue weighted by Crippen LogP contribution is 2.29. The van der Waals surface area contributed by atoms with E-state index >= 15 is 0 Å². The second kappa shape index (κ2) is 9.09. The van der Waals surface area contributed by atoms with Gasteiger partial charge in [0.25, 0.3) is 0 Å². The van der Waals surface area contributed by atoms with Crippen molar-refractivity contribution in [2.24, 2.45) is 0 Å². The number of carbonyl (C=O) groups is 2. The first-order valence-electron chi connectivity index (χ1n) is 8.59. The molecule has 0 radical (unpaired) electrons. The van der Waals surface area contributed by atoms with Crippen molar-refractivity contribution in [3.05, 3.63) is 65.5 Å². The van der Waals surface area contributed by atoms with E-state index in [1.54, 1.807) is 11.3 Å². The van der Waals surface area contributed by atoms with Crippen molar-refractivity contribution >= 4 is 23.2 Å². The van der Waals surface area contributed by atoms with Crippen molar-refractivity contribution in [3.63, 3.8) is 0 Å². The molecule has 27 heavy (non-hydrogen) atoms. The minimum atomic E-state index is -0.384. The molecule has 2 aromatic carbocycles. The number of nitrogens with zero attached hydrogens (tertiary/aromatic N) is 1. The molecule has 1 aromatic heterocycles. The number of esters is 1. The summed E-state index contributed by atoms with van der Waals surface area (Å²) in [6, 6.07) is 18.0. The molecule has 0 aliphatic rings. The molecule has 0 aliphatic carbocycles.